The standard InChI is InChI=1S/C23H30N2O2/c1-27-20-12-10-19(11-13-20)23(15-5-2-6-16-23)17-25-22(26)14-9-18-7-3-4-8-21(18)24/h3-4,7-8,10-13H,2,5-6,9,14-17,24H2,1H3,(H,25,26). The van der Waals surface area contributed by atoms with E-state index >= 15 is 0 Å². The number of rotatable bonds is 7. The number of methoxy groups -OCH3 is 1. The van der Waals surface area contributed by atoms with Crippen molar-refractivity contribution in [2.24, 2.45) is 0 Å². The summed E-state index contributed by atoms with van der Waals surface area (Å²) in [5.74, 6) is 0.964. The first-order valence-corrected chi connectivity index (χ1v) is 9.88. The number of carbonyl (C=O) groups is 1. The normalized spacial score (nSPS) is 15.9. The summed E-state index contributed by atoms with van der Waals surface area (Å²) in [5, 5.41) is 3.20. The minimum atomic E-state index is 0.0337. The fraction of sp³-hybridized carbons (Fsp3) is 0.435. The zero-order valence-corrected chi connectivity index (χ0v) is 16.2. The predicted molar refractivity (Wildman–Crippen MR) is 110 cm³/mol. The minimum Gasteiger partial charge on any atom is -0.497 e. The van der Waals surface area contributed by atoms with Crippen molar-refractivity contribution in [3.05, 3.63) is 59.7 Å². The lowest BCUT2D eigenvalue weighted by molar-refractivity contribution is -0.121. The van der Waals surface area contributed by atoms with E-state index < -0.39 is 0 Å². The Hall–Kier alpha value is -2.49. The fourth-order valence-corrected chi connectivity index (χ4v) is 4.11. The van der Waals surface area contributed by atoms with E-state index in [1.807, 2.05) is 36.4 Å². The van der Waals surface area contributed by atoms with Gasteiger partial charge in [0.1, 0.15) is 5.75 Å². The van der Waals surface area contributed by atoms with Crippen molar-refractivity contribution in [1.82, 2.24) is 5.32 Å². The van der Waals surface area contributed by atoms with Gasteiger partial charge in [-0.25, -0.2) is 0 Å². The van der Waals surface area contributed by atoms with E-state index in [4.69, 9.17) is 10.5 Å². The van der Waals surface area contributed by atoms with Crippen LogP contribution in [0.25, 0.3) is 0 Å². The molecule has 27 heavy (non-hydrogen) atoms. The molecule has 4 nitrogen and oxygen atoms in total. The number of nitrogens with two attached hydrogens (primary N) is 1. The highest BCUT2D eigenvalue weighted by molar-refractivity contribution is 5.76. The Kier molecular flexibility index (Phi) is 6.38. The second kappa shape index (κ2) is 8.94. The van der Waals surface area contributed by atoms with Crippen LogP contribution in [0.5, 0.6) is 5.75 Å². The number of anilines is 1. The molecular weight excluding hydrogens is 336 g/mol. The van der Waals surface area contributed by atoms with Gasteiger partial charge in [-0.3, -0.25) is 4.79 Å². The van der Waals surface area contributed by atoms with Crippen molar-refractivity contribution in [2.45, 2.75) is 50.4 Å². The van der Waals surface area contributed by atoms with Crippen LogP contribution < -0.4 is 15.8 Å². The highest BCUT2D eigenvalue weighted by Crippen LogP contribution is 2.39. The van der Waals surface area contributed by atoms with Gasteiger partial charge in [0, 0.05) is 24.1 Å². The van der Waals surface area contributed by atoms with E-state index in [9.17, 15) is 4.79 Å². The van der Waals surface area contributed by atoms with Crippen LogP contribution in [0.15, 0.2) is 48.5 Å². The van der Waals surface area contributed by atoms with Gasteiger partial charge in [-0.15, -0.1) is 0 Å². The topological polar surface area (TPSA) is 64.3 Å². The van der Waals surface area contributed by atoms with Crippen molar-refractivity contribution in [3.8, 4) is 5.75 Å². The first-order valence-electron chi connectivity index (χ1n) is 9.88. The van der Waals surface area contributed by atoms with E-state index in [1.54, 1.807) is 7.11 Å². The van der Waals surface area contributed by atoms with Crippen LogP contribution in [0.4, 0.5) is 5.69 Å². The molecule has 0 bridgehead atoms. The van der Waals surface area contributed by atoms with E-state index in [2.05, 4.69) is 17.4 Å². The molecule has 3 N–H and O–H groups in total. The van der Waals surface area contributed by atoms with Crippen molar-refractivity contribution in [3.63, 3.8) is 0 Å². The molecule has 1 amide bonds. The SMILES string of the molecule is COc1ccc(C2(CNC(=O)CCc3ccccc3N)CCCCC2)cc1. The number of hydrogen-bond acceptors (Lipinski definition) is 3. The lowest BCUT2D eigenvalue weighted by Crippen LogP contribution is -2.42. The van der Waals surface area contributed by atoms with Gasteiger partial charge in [-0.2, -0.15) is 0 Å². The molecule has 144 valence electrons. The molecule has 0 spiro atoms. The second-order valence-corrected chi connectivity index (χ2v) is 7.55. The Bertz CT molecular complexity index is 749. The largest absolute Gasteiger partial charge is 0.497 e. The van der Waals surface area contributed by atoms with Gasteiger partial charge in [0.05, 0.1) is 7.11 Å². The van der Waals surface area contributed by atoms with E-state index in [-0.39, 0.29) is 11.3 Å². The summed E-state index contributed by atoms with van der Waals surface area (Å²) in [6.45, 7) is 0.697. The van der Waals surface area contributed by atoms with Crippen LogP contribution in [0.3, 0.4) is 0 Å². The van der Waals surface area contributed by atoms with Crippen molar-refractivity contribution < 1.29 is 9.53 Å². The number of nitrogens with one attached hydrogen (secondary N) is 1. The number of nitrogen functional groups attached to an aromatic ring is 1. The Labute approximate surface area is 162 Å². The minimum absolute atomic E-state index is 0.0337. The zero-order chi connectivity index (χ0) is 19.1. The molecule has 0 aliphatic heterocycles. The Morgan fingerprint density at radius 3 is 2.44 bits per heavy atom. The first kappa shape index (κ1) is 19.3. The molecule has 0 unspecified atom stereocenters. The van der Waals surface area contributed by atoms with Crippen LogP contribution >= 0.6 is 0 Å². The van der Waals surface area contributed by atoms with Crippen LogP contribution in [-0.4, -0.2) is 19.6 Å². The molecule has 1 aliphatic rings. The van der Waals surface area contributed by atoms with Gasteiger partial charge < -0.3 is 15.8 Å². The molecule has 4 heteroatoms. The lowest BCUT2D eigenvalue weighted by atomic mass is 9.69. The molecule has 2 aromatic rings. The highest BCUT2D eigenvalue weighted by Gasteiger charge is 2.34. The van der Waals surface area contributed by atoms with E-state index in [1.165, 1.54) is 24.8 Å². The molecule has 1 fully saturated rings. The monoisotopic (exact) mass is 366 g/mol. The average Bonchev–Trinajstić information content (AvgIpc) is 2.72. The quantitative estimate of drug-likeness (QED) is 0.721. The third-order valence-corrected chi connectivity index (χ3v) is 5.81. The maximum atomic E-state index is 12.5. The van der Waals surface area contributed by atoms with Crippen LogP contribution in [0.2, 0.25) is 0 Å². The summed E-state index contributed by atoms with van der Waals surface area (Å²) in [6.07, 6.45) is 7.07. The number of para-hydroxylation sites is 1. The highest BCUT2D eigenvalue weighted by atomic mass is 16.5. The molecule has 0 heterocycles. The van der Waals surface area contributed by atoms with Crippen LogP contribution in [0, 0.1) is 0 Å². The Morgan fingerprint density at radius 1 is 1.07 bits per heavy atom. The fourth-order valence-electron chi connectivity index (χ4n) is 4.11. The molecule has 1 saturated carbocycles. The molecular formula is C23H30N2O2. The second-order valence-electron chi connectivity index (χ2n) is 7.55. The molecule has 1 aliphatic carbocycles. The first-order chi connectivity index (χ1) is 13.1. The maximum absolute atomic E-state index is 12.5. The molecule has 0 saturated heterocycles. The number of benzene rings is 2. The van der Waals surface area contributed by atoms with Gasteiger partial charge in [-0.05, 0) is 48.6 Å². The summed E-state index contributed by atoms with van der Waals surface area (Å²) in [6, 6.07) is 16.1. The number of ether oxygens (including phenoxy) is 1. The predicted octanol–water partition coefficient (Wildman–Crippen LogP) is 4.23. The summed E-state index contributed by atoms with van der Waals surface area (Å²) in [4.78, 5) is 12.5. The average molecular weight is 367 g/mol. The summed E-state index contributed by atoms with van der Waals surface area (Å²) in [7, 11) is 1.69. The van der Waals surface area contributed by atoms with Crippen LogP contribution in [-0.2, 0) is 16.6 Å². The maximum Gasteiger partial charge on any atom is 0.220 e. The number of amides is 1. The zero-order valence-electron chi connectivity index (χ0n) is 16.2. The van der Waals surface area contributed by atoms with E-state index in [0.717, 1.165) is 29.8 Å². The summed E-state index contributed by atoms with van der Waals surface area (Å²) < 4.78 is 5.29. The molecule has 0 radical (unpaired) electrons. The van der Waals surface area contributed by atoms with E-state index in [0.29, 0.717) is 19.4 Å². The van der Waals surface area contributed by atoms with Crippen molar-refractivity contribution in [1.29, 1.82) is 0 Å². The third-order valence-electron chi connectivity index (χ3n) is 5.81. The van der Waals surface area contributed by atoms with Crippen molar-refractivity contribution in [2.75, 3.05) is 19.4 Å². The van der Waals surface area contributed by atoms with Gasteiger partial charge in [0.15, 0.2) is 0 Å². The molecule has 0 aromatic heterocycles. The molecule has 2 aromatic carbocycles. The number of carbonyl (C=O) groups excluding carboxylic acids is 1. The molecule has 3 rings (SSSR count). The van der Waals surface area contributed by atoms with Gasteiger partial charge in [0.25, 0.3) is 0 Å². The third kappa shape index (κ3) is 4.82. The summed E-state index contributed by atoms with van der Waals surface area (Å²) in [5.41, 5.74) is 9.11. The van der Waals surface area contributed by atoms with Crippen molar-refractivity contribution >= 4 is 11.6 Å². The summed E-state index contributed by atoms with van der Waals surface area (Å²) >= 11 is 0. The van der Waals surface area contributed by atoms with Gasteiger partial charge >= 0.3 is 0 Å². The Morgan fingerprint density at radius 2 is 1.78 bits per heavy atom. The Balaban J connectivity index is 1.62. The number of hydrogen-bond donors (Lipinski definition) is 2. The lowest BCUT2D eigenvalue weighted by Gasteiger charge is -2.38. The van der Waals surface area contributed by atoms with Crippen LogP contribution in [0.1, 0.15) is 49.7 Å². The van der Waals surface area contributed by atoms with Gasteiger partial charge in [0.2, 0.25) is 5.91 Å². The smallest absolute Gasteiger partial charge is 0.220 e. The van der Waals surface area contributed by atoms with Gasteiger partial charge in [-0.1, -0.05) is 49.6 Å². The number of aryl methyl sites for hydroxylation is 1. The molecule has 0 atom stereocenters.